The number of hydrogen-bond donors (Lipinski definition) is 0. The summed E-state index contributed by atoms with van der Waals surface area (Å²) in [5.41, 5.74) is 2.53. The topological polar surface area (TPSA) is 18.0 Å². The van der Waals surface area contributed by atoms with Crippen molar-refractivity contribution < 1.29 is 21.7 Å². The van der Waals surface area contributed by atoms with Gasteiger partial charge < -0.3 is 17.1 Å². The van der Waals surface area contributed by atoms with Gasteiger partial charge in [0.25, 0.3) is 0 Å². The standard InChI is InChI=1S/C18H29N2O.ClH/c1-3-5-6-7-8-11-14-21-16-20-15-19(4-2)17-12-9-10-13-18(17)20;/h9-10,12-13,15H,3-8,11,14,16H2,1-2H3;1H/q+1;/p-1. The zero-order valence-electron chi connectivity index (χ0n) is 13.9. The molecule has 0 aliphatic rings. The third kappa shape index (κ3) is 5.29. The molecule has 1 aromatic carbocycles. The summed E-state index contributed by atoms with van der Waals surface area (Å²) >= 11 is 0. The fourth-order valence-electron chi connectivity index (χ4n) is 2.74. The first-order valence-electron chi connectivity index (χ1n) is 8.41. The molecule has 0 aliphatic heterocycles. The molecule has 1 aromatic heterocycles. The highest BCUT2D eigenvalue weighted by atomic mass is 35.5. The highest BCUT2D eigenvalue weighted by Gasteiger charge is 2.13. The highest BCUT2D eigenvalue weighted by Crippen LogP contribution is 2.10. The minimum atomic E-state index is 0. The molecular weight excluding hydrogens is 296 g/mol. The Morgan fingerprint density at radius 1 is 1.00 bits per heavy atom. The predicted octanol–water partition coefficient (Wildman–Crippen LogP) is 1.29. The van der Waals surface area contributed by atoms with Gasteiger partial charge in [-0.15, -0.1) is 0 Å². The third-order valence-corrected chi connectivity index (χ3v) is 3.99. The summed E-state index contributed by atoms with van der Waals surface area (Å²) in [5, 5.41) is 0. The lowest BCUT2D eigenvalue weighted by molar-refractivity contribution is -0.710. The van der Waals surface area contributed by atoms with Gasteiger partial charge in [0.05, 0.1) is 13.2 Å². The molecule has 0 radical (unpaired) electrons. The van der Waals surface area contributed by atoms with Crippen LogP contribution < -0.4 is 17.0 Å². The van der Waals surface area contributed by atoms with E-state index >= 15 is 0 Å². The second-order valence-electron chi connectivity index (χ2n) is 5.67. The molecule has 0 saturated carbocycles. The normalized spacial score (nSPS) is 10.8. The van der Waals surface area contributed by atoms with Crippen molar-refractivity contribution in [3.63, 3.8) is 0 Å². The van der Waals surface area contributed by atoms with Crippen molar-refractivity contribution in [2.45, 2.75) is 65.6 Å². The number of hydrogen-bond acceptors (Lipinski definition) is 1. The van der Waals surface area contributed by atoms with Crippen LogP contribution in [0.15, 0.2) is 30.6 Å². The number of unbranched alkanes of at least 4 members (excludes halogenated alkanes) is 5. The van der Waals surface area contributed by atoms with Gasteiger partial charge in [0.15, 0.2) is 17.8 Å². The van der Waals surface area contributed by atoms with E-state index < -0.39 is 0 Å². The molecule has 124 valence electrons. The van der Waals surface area contributed by atoms with Gasteiger partial charge >= 0.3 is 0 Å². The summed E-state index contributed by atoms with van der Waals surface area (Å²) in [6, 6.07) is 8.52. The lowest BCUT2D eigenvalue weighted by atomic mass is 10.1. The monoisotopic (exact) mass is 324 g/mol. The Bertz CT molecular complexity index is 539. The number of benzene rings is 1. The summed E-state index contributed by atoms with van der Waals surface area (Å²) in [7, 11) is 0. The van der Waals surface area contributed by atoms with Crippen LogP contribution in [0.1, 0.15) is 52.4 Å². The molecule has 0 unspecified atom stereocenters. The Morgan fingerprint density at radius 3 is 2.50 bits per heavy atom. The Kier molecular flexibility index (Phi) is 9.17. The average Bonchev–Trinajstić information content (AvgIpc) is 2.88. The molecular formula is C18H29ClN2O. The lowest BCUT2D eigenvalue weighted by Crippen LogP contribution is -3.00. The second-order valence-corrected chi connectivity index (χ2v) is 5.67. The Balaban J connectivity index is 0.00000242. The maximum atomic E-state index is 5.84. The van der Waals surface area contributed by atoms with Gasteiger partial charge in [-0.1, -0.05) is 51.2 Å². The summed E-state index contributed by atoms with van der Waals surface area (Å²) in [5.74, 6) is 0. The SMILES string of the molecule is CCCCCCCCOC[n+]1cn(CC)c2ccccc21.[Cl-]. The molecule has 2 rings (SSSR count). The van der Waals surface area contributed by atoms with Crippen LogP contribution in [0.25, 0.3) is 11.0 Å². The van der Waals surface area contributed by atoms with E-state index in [4.69, 9.17) is 4.74 Å². The largest absolute Gasteiger partial charge is 1.00 e. The average molecular weight is 325 g/mol. The van der Waals surface area contributed by atoms with Crippen molar-refractivity contribution >= 4 is 11.0 Å². The molecule has 0 amide bonds. The second kappa shape index (κ2) is 10.6. The van der Waals surface area contributed by atoms with E-state index in [1.807, 2.05) is 0 Å². The molecule has 0 spiro atoms. The molecule has 0 fully saturated rings. The summed E-state index contributed by atoms with van der Waals surface area (Å²) in [6.07, 6.45) is 10.0. The lowest BCUT2D eigenvalue weighted by Gasteiger charge is -2.02. The first-order chi connectivity index (χ1) is 10.4. The van der Waals surface area contributed by atoms with Crippen LogP contribution in [0.3, 0.4) is 0 Å². The van der Waals surface area contributed by atoms with Crippen LogP contribution in [-0.4, -0.2) is 11.2 Å². The molecule has 3 nitrogen and oxygen atoms in total. The van der Waals surface area contributed by atoms with Crippen LogP contribution in [0.5, 0.6) is 0 Å². The van der Waals surface area contributed by atoms with E-state index in [0.29, 0.717) is 6.73 Å². The number of rotatable bonds is 10. The zero-order valence-corrected chi connectivity index (χ0v) is 14.7. The van der Waals surface area contributed by atoms with Crippen LogP contribution in [-0.2, 0) is 18.0 Å². The number of fused-ring (bicyclic) bond motifs is 1. The molecule has 22 heavy (non-hydrogen) atoms. The van der Waals surface area contributed by atoms with E-state index in [-0.39, 0.29) is 12.4 Å². The number of aryl methyl sites for hydroxylation is 1. The van der Waals surface area contributed by atoms with E-state index in [0.717, 1.165) is 13.2 Å². The van der Waals surface area contributed by atoms with Crippen molar-refractivity contribution in [1.29, 1.82) is 0 Å². The van der Waals surface area contributed by atoms with Crippen molar-refractivity contribution in [2.75, 3.05) is 6.61 Å². The van der Waals surface area contributed by atoms with E-state index in [1.165, 1.54) is 49.6 Å². The number of ether oxygens (including phenoxy) is 1. The van der Waals surface area contributed by atoms with Gasteiger partial charge in [0, 0.05) is 0 Å². The molecule has 0 atom stereocenters. The molecule has 0 aliphatic carbocycles. The quantitative estimate of drug-likeness (QED) is 0.476. The first-order valence-corrected chi connectivity index (χ1v) is 8.41. The van der Waals surface area contributed by atoms with Gasteiger partial charge in [-0.25, -0.2) is 9.13 Å². The number of para-hydroxylation sites is 2. The zero-order chi connectivity index (χ0) is 14.9. The summed E-state index contributed by atoms with van der Waals surface area (Å²) < 4.78 is 10.3. The Morgan fingerprint density at radius 2 is 1.73 bits per heavy atom. The number of halogens is 1. The van der Waals surface area contributed by atoms with E-state index in [9.17, 15) is 0 Å². The number of aromatic nitrogens is 2. The molecule has 0 N–H and O–H groups in total. The minimum Gasteiger partial charge on any atom is -1.00 e. The molecule has 1 heterocycles. The maximum Gasteiger partial charge on any atom is 0.246 e. The fourth-order valence-corrected chi connectivity index (χ4v) is 2.74. The fraction of sp³-hybridized carbons (Fsp3) is 0.611. The molecule has 4 heteroatoms. The van der Waals surface area contributed by atoms with E-state index in [2.05, 4.69) is 53.6 Å². The van der Waals surface area contributed by atoms with Crippen molar-refractivity contribution in [2.24, 2.45) is 0 Å². The Hall–Kier alpha value is -1.06. The Labute approximate surface area is 140 Å². The smallest absolute Gasteiger partial charge is 0.246 e. The molecule has 0 saturated heterocycles. The van der Waals surface area contributed by atoms with Crippen LogP contribution in [0.2, 0.25) is 0 Å². The van der Waals surface area contributed by atoms with Crippen molar-refractivity contribution in [1.82, 2.24) is 4.57 Å². The van der Waals surface area contributed by atoms with Gasteiger partial charge in [0.2, 0.25) is 6.33 Å². The molecule has 2 aromatic rings. The summed E-state index contributed by atoms with van der Waals surface area (Å²) in [4.78, 5) is 0. The van der Waals surface area contributed by atoms with Gasteiger partial charge in [-0.3, -0.25) is 0 Å². The van der Waals surface area contributed by atoms with E-state index in [1.54, 1.807) is 0 Å². The third-order valence-electron chi connectivity index (χ3n) is 3.99. The van der Waals surface area contributed by atoms with Crippen LogP contribution in [0, 0.1) is 0 Å². The van der Waals surface area contributed by atoms with Gasteiger partial charge in [-0.2, -0.15) is 0 Å². The van der Waals surface area contributed by atoms with Crippen LogP contribution >= 0.6 is 0 Å². The summed E-state index contributed by atoms with van der Waals surface area (Å²) in [6.45, 7) is 6.94. The highest BCUT2D eigenvalue weighted by molar-refractivity contribution is 5.71. The minimum absolute atomic E-state index is 0. The van der Waals surface area contributed by atoms with Gasteiger partial charge in [-0.05, 0) is 25.5 Å². The van der Waals surface area contributed by atoms with Crippen molar-refractivity contribution in [3.05, 3.63) is 30.6 Å². The maximum absolute atomic E-state index is 5.84. The van der Waals surface area contributed by atoms with Gasteiger partial charge in [0.1, 0.15) is 0 Å². The number of imidazole rings is 1. The first kappa shape index (κ1) is 19.0. The van der Waals surface area contributed by atoms with Crippen LogP contribution in [0.4, 0.5) is 0 Å². The number of nitrogens with zero attached hydrogens (tertiary/aromatic N) is 2. The predicted molar refractivity (Wildman–Crippen MR) is 87.1 cm³/mol. The van der Waals surface area contributed by atoms with Crippen molar-refractivity contribution in [3.8, 4) is 0 Å². The molecule has 0 bridgehead atoms.